The van der Waals surface area contributed by atoms with Gasteiger partial charge in [0.2, 0.25) is 0 Å². The van der Waals surface area contributed by atoms with Gasteiger partial charge in [0.1, 0.15) is 0 Å². The Hall–Kier alpha value is 0.236. The summed E-state index contributed by atoms with van der Waals surface area (Å²) in [6.45, 7) is 4.06. The largest absolute Gasteiger partial charge is 2.00 e. The Balaban J connectivity index is -0.0000000817. The van der Waals surface area contributed by atoms with Crippen LogP contribution in [-0.2, 0) is 9.53 Å². The predicted octanol–water partition coefficient (Wildman–Crippen LogP) is 1.19. The summed E-state index contributed by atoms with van der Waals surface area (Å²) in [6, 6.07) is 0. The van der Waals surface area contributed by atoms with Crippen molar-refractivity contribution in [3.8, 4) is 0 Å². The SMILES string of the molecule is CCCCOC(C)=O.[H-].[H-].[Mg+2]. The molecule has 2 nitrogen and oxygen atoms in total. The summed E-state index contributed by atoms with van der Waals surface area (Å²) < 4.78 is 4.64. The van der Waals surface area contributed by atoms with Crippen molar-refractivity contribution in [3.05, 3.63) is 0 Å². The molecule has 0 aliphatic heterocycles. The van der Waals surface area contributed by atoms with Crippen molar-refractivity contribution in [3.63, 3.8) is 0 Å². The second kappa shape index (κ2) is 8.24. The van der Waals surface area contributed by atoms with Crippen molar-refractivity contribution < 1.29 is 12.4 Å². The minimum atomic E-state index is -0.182. The van der Waals surface area contributed by atoms with Crippen LogP contribution in [0.2, 0.25) is 0 Å². The monoisotopic (exact) mass is 142 g/mol. The summed E-state index contributed by atoms with van der Waals surface area (Å²) in [4.78, 5) is 10.1. The average Bonchev–Trinajstić information content (AvgIpc) is 1.66. The molecule has 0 aromatic rings. The van der Waals surface area contributed by atoms with Gasteiger partial charge in [-0.3, -0.25) is 4.79 Å². The van der Waals surface area contributed by atoms with Crippen LogP contribution in [0.3, 0.4) is 0 Å². The Bertz CT molecular complexity index is 81.0. The molecule has 52 valence electrons. The molecule has 0 radical (unpaired) electrons. The van der Waals surface area contributed by atoms with Crippen LogP contribution in [0.25, 0.3) is 0 Å². The van der Waals surface area contributed by atoms with E-state index in [1.54, 1.807) is 0 Å². The van der Waals surface area contributed by atoms with E-state index in [1.807, 2.05) is 0 Å². The third-order valence-electron chi connectivity index (χ3n) is 0.803. The maximum Gasteiger partial charge on any atom is 2.00 e. The van der Waals surface area contributed by atoms with Gasteiger partial charge in [-0.05, 0) is 6.42 Å². The molecule has 0 rings (SSSR count). The first-order chi connectivity index (χ1) is 3.77. The molecule has 9 heavy (non-hydrogen) atoms. The normalized spacial score (nSPS) is 7.78. The zero-order chi connectivity index (χ0) is 6.41. The fourth-order valence-corrected chi connectivity index (χ4v) is 0.360. The Morgan fingerprint density at radius 1 is 1.67 bits per heavy atom. The molecule has 0 saturated carbocycles. The number of carbonyl (C=O) groups is 1. The van der Waals surface area contributed by atoms with Crippen molar-refractivity contribution in [2.24, 2.45) is 0 Å². The quantitative estimate of drug-likeness (QED) is 0.336. The van der Waals surface area contributed by atoms with Crippen molar-refractivity contribution in [2.75, 3.05) is 6.61 Å². The molecule has 0 aromatic heterocycles. The number of ether oxygens (including phenoxy) is 1. The van der Waals surface area contributed by atoms with Crippen LogP contribution >= 0.6 is 0 Å². The Morgan fingerprint density at radius 2 is 2.22 bits per heavy atom. The van der Waals surface area contributed by atoms with Crippen LogP contribution in [0.1, 0.15) is 29.5 Å². The van der Waals surface area contributed by atoms with Gasteiger partial charge in [0, 0.05) is 6.92 Å². The number of unbranched alkanes of at least 4 members (excludes halogenated alkanes) is 1. The third-order valence-corrected chi connectivity index (χ3v) is 0.803. The van der Waals surface area contributed by atoms with Crippen LogP contribution in [0.5, 0.6) is 0 Å². The van der Waals surface area contributed by atoms with E-state index in [9.17, 15) is 4.79 Å². The molecule has 0 fully saturated rings. The Labute approximate surface area is 75.1 Å². The van der Waals surface area contributed by atoms with Crippen LogP contribution < -0.4 is 0 Å². The molecule has 0 aliphatic rings. The van der Waals surface area contributed by atoms with E-state index in [-0.39, 0.29) is 31.9 Å². The second-order valence-electron chi connectivity index (χ2n) is 1.69. The summed E-state index contributed by atoms with van der Waals surface area (Å²) >= 11 is 0. The number of carbonyl (C=O) groups excluding carboxylic acids is 1. The van der Waals surface area contributed by atoms with Gasteiger partial charge in [-0.1, -0.05) is 13.3 Å². The van der Waals surface area contributed by atoms with Gasteiger partial charge in [-0.2, -0.15) is 0 Å². The summed E-state index contributed by atoms with van der Waals surface area (Å²) in [7, 11) is 0. The first-order valence-corrected chi connectivity index (χ1v) is 2.90. The number of rotatable bonds is 3. The maximum atomic E-state index is 10.1. The molecule has 0 unspecified atom stereocenters. The van der Waals surface area contributed by atoms with Crippen molar-refractivity contribution in [2.45, 2.75) is 26.7 Å². The molecule has 0 aliphatic carbocycles. The fraction of sp³-hybridized carbons (Fsp3) is 0.833. The van der Waals surface area contributed by atoms with E-state index in [0.717, 1.165) is 12.8 Å². The number of esters is 1. The molecule has 0 saturated heterocycles. The van der Waals surface area contributed by atoms with E-state index >= 15 is 0 Å². The molecular weight excluding hydrogens is 128 g/mol. The summed E-state index contributed by atoms with van der Waals surface area (Å²) in [5.41, 5.74) is 0. The smallest absolute Gasteiger partial charge is 1.00 e. The number of hydrogen-bond donors (Lipinski definition) is 0. The van der Waals surface area contributed by atoms with Gasteiger partial charge in [-0.25, -0.2) is 0 Å². The first-order valence-electron chi connectivity index (χ1n) is 2.90. The zero-order valence-corrected chi connectivity index (χ0v) is 7.56. The molecule has 0 aromatic carbocycles. The minimum absolute atomic E-state index is 0. The predicted molar refractivity (Wildman–Crippen MR) is 39.5 cm³/mol. The standard InChI is InChI=1S/C6H12O2.Mg.2H/c1-3-4-5-8-6(2)7;;;/h3-5H2,1-2H3;;;/q;+2;2*-1. The minimum Gasteiger partial charge on any atom is -1.00 e. The summed E-state index contributed by atoms with van der Waals surface area (Å²) in [6.07, 6.45) is 2.05. The molecule has 3 heteroatoms. The third kappa shape index (κ3) is 11.7. The molecule has 0 amide bonds. The van der Waals surface area contributed by atoms with Crippen LogP contribution in [0.15, 0.2) is 0 Å². The van der Waals surface area contributed by atoms with E-state index in [2.05, 4.69) is 11.7 Å². The van der Waals surface area contributed by atoms with E-state index in [1.165, 1.54) is 6.92 Å². The molecule has 0 bridgehead atoms. The molecule has 0 heterocycles. The summed E-state index contributed by atoms with van der Waals surface area (Å²) in [5, 5.41) is 0. The van der Waals surface area contributed by atoms with E-state index in [4.69, 9.17) is 0 Å². The molecule has 0 N–H and O–H groups in total. The van der Waals surface area contributed by atoms with Crippen molar-refractivity contribution in [1.29, 1.82) is 0 Å². The van der Waals surface area contributed by atoms with Gasteiger partial charge in [0.15, 0.2) is 0 Å². The molecule has 0 atom stereocenters. The Morgan fingerprint density at radius 3 is 2.56 bits per heavy atom. The summed E-state index contributed by atoms with van der Waals surface area (Å²) in [5.74, 6) is -0.182. The maximum absolute atomic E-state index is 10.1. The van der Waals surface area contributed by atoms with Gasteiger partial charge < -0.3 is 7.59 Å². The first kappa shape index (κ1) is 12.0. The molecule has 0 spiro atoms. The second-order valence-corrected chi connectivity index (χ2v) is 1.69. The topological polar surface area (TPSA) is 26.3 Å². The van der Waals surface area contributed by atoms with Crippen LogP contribution in [0, 0.1) is 0 Å². The van der Waals surface area contributed by atoms with Crippen molar-refractivity contribution >= 4 is 29.0 Å². The number of hydrogen-bond acceptors (Lipinski definition) is 2. The average molecular weight is 142 g/mol. The van der Waals surface area contributed by atoms with Crippen LogP contribution in [0.4, 0.5) is 0 Å². The van der Waals surface area contributed by atoms with E-state index in [0.29, 0.717) is 6.61 Å². The van der Waals surface area contributed by atoms with Gasteiger partial charge in [-0.15, -0.1) is 0 Å². The van der Waals surface area contributed by atoms with Crippen LogP contribution in [-0.4, -0.2) is 35.6 Å². The Kier molecular flexibility index (Phi) is 10.9. The van der Waals surface area contributed by atoms with Gasteiger partial charge in [0.25, 0.3) is 0 Å². The van der Waals surface area contributed by atoms with Gasteiger partial charge >= 0.3 is 29.0 Å². The van der Waals surface area contributed by atoms with Crippen molar-refractivity contribution in [1.82, 2.24) is 0 Å². The fourth-order valence-electron chi connectivity index (χ4n) is 0.360. The van der Waals surface area contributed by atoms with Gasteiger partial charge in [0.05, 0.1) is 6.61 Å². The zero-order valence-electron chi connectivity index (χ0n) is 8.14. The van der Waals surface area contributed by atoms with E-state index < -0.39 is 0 Å². The molecular formula is C6H14MgO2.